The van der Waals surface area contributed by atoms with Crippen LogP contribution in [0.15, 0.2) is 52.3 Å². The van der Waals surface area contributed by atoms with Crippen molar-refractivity contribution in [2.24, 2.45) is 0 Å². The Morgan fingerprint density at radius 3 is 2.11 bits per heavy atom. The molecule has 0 saturated heterocycles. The van der Waals surface area contributed by atoms with Gasteiger partial charge < -0.3 is 5.73 Å². The lowest BCUT2D eigenvalue weighted by Crippen LogP contribution is -1.90. The lowest BCUT2D eigenvalue weighted by atomic mass is 10.3. The summed E-state index contributed by atoms with van der Waals surface area (Å²) < 4.78 is 26.8. The van der Waals surface area contributed by atoms with E-state index in [4.69, 9.17) is 5.73 Å². The molecule has 2 aromatic rings. The molecule has 0 aliphatic heterocycles. The van der Waals surface area contributed by atoms with Gasteiger partial charge >= 0.3 is 0 Å². The van der Waals surface area contributed by atoms with E-state index in [-0.39, 0.29) is 11.6 Å². The van der Waals surface area contributed by atoms with E-state index in [1.54, 1.807) is 30.3 Å². The van der Waals surface area contributed by atoms with Crippen LogP contribution in [0.5, 0.6) is 0 Å². The molecular weight excluding hydrogens is 284 g/mol. The van der Waals surface area contributed by atoms with E-state index >= 15 is 0 Å². The molecule has 2 aromatic carbocycles. The number of nitrogen functional groups attached to an aromatic ring is 1. The van der Waals surface area contributed by atoms with E-state index < -0.39 is 0 Å². The predicted octanol–water partition coefficient (Wildman–Crippen LogP) is 4.43. The minimum Gasteiger partial charge on any atom is -0.399 e. The molecule has 0 atom stereocenters. The van der Waals surface area contributed by atoms with Gasteiger partial charge in [0.05, 0.1) is 0 Å². The normalized spacial score (nSPS) is 10.6. The minimum absolute atomic E-state index is 0.212. The zero-order valence-electron chi connectivity index (χ0n) is 10.1. The number of rotatable bonds is 5. The molecule has 0 fully saturated rings. The van der Waals surface area contributed by atoms with Gasteiger partial charge in [-0.05, 0) is 30.3 Å². The molecule has 0 bridgehead atoms. The summed E-state index contributed by atoms with van der Waals surface area (Å²) in [6.45, 7) is 0. The molecule has 19 heavy (non-hydrogen) atoms. The van der Waals surface area contributed by atoms with Crippen molar-refractivity contribution >= 4 is 29.2 Å². The summed E-state index contributed by atoms with van der Waals surface area (Å²) in [6.07, 6.45) is 0. The van der Waals surface area contributed by atoms with Gasteiger partial charge in [0.15, 0.2) is 0 Å². The van der Waals surface area contributed by atoms with Crippen LogP contribution in [-0.4, -0.2) is 11.5 Å². The highest BCUT2D eigenvalue weighted by Crippen LogP contribution is 2.27. The van der Waals surface area contributed by atoms with Gasteiger partial charge in [0.2, 0.25) is 0 Å². The number of nitrogens with two attached hydrogens (primary N) is 1. The van der Waals surface area contributed by atoms with E-state index in [1.807, 2.05) is 0 Å². The Morgan fingerprint density at radius 2 is 1.47 bits per heavy atom. The number of hydrogen-bond donors (Lipinski definition) is 1. The topological polar surface area (TPSA) is 26.0 Å². The van der Waals surface area contributed by atoms with Crippen molar-refractivity contribution in [3.63, 3.8) is 0 Å². The first kappa shape index (κ1) is 14.2. The van der Waals surface area contributed by atoms with Crippen molar-refractivity contribution in [2.45, 2.75) is 9.79 Å². The quantitative estimate of drug-likeness (QED) is 0.502. The maximum absolute atomic E-state index is 13.5. The average Bonchev–Trinajstić information content (AvgIpc) is 2.38. The first-order valence-corrected chi connectivity index (χ1v) is 7.69. The molecule has 0 aliphatic rings. The van der Waals surface area contributed by atoms with Gasteiger partial charge in [-0.25, -0.2) is 8.78 Å². The van der Waals surface area contributed by atoms with Crippen molar-refractivity contribution in [1.29, 1.82) is 0 Å². The monoisotopic (exact) mass is 297 g/mol. The van der Waals surface area contributed by atoms with Crippen molar-refractivity contribution in [1.82, 2.24) is 0 Å². The molecule has 0 radical (unpaired) electrons. The maximum atomic E-state index is 13.5. The Morgan fingerprint density at radius 1 is 0.842 bits per heavy atom. The minimum atomic E-state index is -0.305. The average molecular weight is 297 g/mol. The van der Waals surface area contributed by atoms with Crippen LogP contribution in [0.1, 0.15) is 0 Å². The third-order valence-corrected chi connectivity index (χ3v) is 4.75. The SMILES string of the molecule is Nc1ccc(SCCSc2ccccc2F)c(F)c1. The molecule has 0 aromatic heterocycles. The van der Waals surface area contributed by atoms with E-state index in [0.29, 0.717) is 21.2 Å². The van der Waals surface area contributed by atoms with Gasteiger partial charge in [0.1, 0.15) is 11.6 Å². The fraction of sp³-hybridized carbons (Fsp3) is 0.143. The standard InChI is InChI=1S/C14H13F2NS2/c15-11-3-1-2-4-13(11)18-7-8-19-14-6-5-10(17)9-12(14)16/h1-6,9H,7-8,17H2. The van der Waals surface area contributed by atoms with Crippen molar-refractivity contribution < 1.29 is 8.78 Å². The van der Waals surface area contributed by atoms with Crippen molar-refractivity contribution in [3.05, 3.63) is 54.1 Å². The van der Waals surface area contributed by atoms with Gasteiger partial charge in [-0.15, -0.1) is 23.5 Å². The summed E-state index contributed by atoms with van der Waals surface area (Å²) in [7, 11) is 0. The summed E-state index contributed by atoms with van der Waals surface area (Å²) in [6, 6.07) is 11.3. The van der Waals surface area contributed by atoms with Gasteiger partial charge in [-0.1, -0.05) is 12.1 Å². The van der Waals surface area contributed by atoms with Crippen molar-refractivity contribution in [2.75, 3.05) is 17.2 Å². The summed E-state index contributed by atoms with van der Waals surface area (Å²) >= 11 is 2.84. The molecule has 100 valence electrons. The first-order chi connectivity index (χ1) is 9.16. The Labute approximate surface area is 119 Å². The van der Waals surface area contributed by atoms with E-state index in [0.717, 1.165) is 5.75 Å². The molecular formula is C14H13F2NS2. The molecule has 0 spiro atoms. The van der Waals surface area contributed by atoms with Crippen LogP contribution in [0.2, 0.25) is 0 Å². The van der Waals surface area contributed by atoms with Crippen LogP contribution >= 0.6 is 23.5 Å². The Hall–Kier alpha value is -1.20. The zero-order valence-corrected chi connectivity index (χ0v) is 11.7. The Balaban J connectivity index is 1.83. The van der Waals surface area contributed by atoms with Gasteiger partial charge in [-0.3, -0.25) is 0 Å². The second-order valence-electron chi connectivity index (χ2n) is 3.82. The highest BCUT2D eigenvalue weighted by Gasteiger charge is 2.04. The van der Waals surface area contributed by atoms with Gasteiger partial charge in [-0.2, -0.15) is 0 Å². The summed E-state index contributed by atoms with van der Waals surface area (Å²) in [5, 5.41) is 0. The van der Waals surface area contributed by atoms with Crippen LogP contribution < -0.4 is 5.73 Å². The lowest BCUT2D eigenvalue weighted by molar-refractivity contribution is 0.601. The fourth-order valence-corrected chi connectivity index (χ4v) is 3.35. The molecule has 1 nitrogen and oxygen atoms in total. The largest absolute Gasteiger partial charge is 0.399 e. The Bertz CT molecular complexity index is 561. The number of anilines is 1. The first-order valence-electron chi connectivity index (χ1n) is 5.72. The van der Waals surface area contributed by atoms with Crippen LogP contribution in [0.4, 0.5) is 14.5 Å². The third kappa shape index (κ3) is 4.14. The molecule has 0 aliphatic carbocycles. The van der Waals surface area contributed by atoms with Crippen LogP contribution in [0.3, 0.4) is 0 Å². The number of thioether (sulfide) groups is 2. The van der Waals surface area contributed by atoms with E-state index in [1.165, 1.54) is 35.7 Å². The summed E-state index contributed by atoms with van der Waals surface area (Å²) in [5.41, 5.74) is 5.90. The predicted molar refractivity (Wildman–Crippen MR) is 78.7 cm³/mol. The molecule has 0 heterocycles. The Kier molecular flexibility index (Phi) is 5.10. The number of halogens is 2. The molecule has 2 rings (SSSR count). The van der Waals surface area contributed by atoms with E-state index in [2.05, 4.69) is 0 Å². The smallest absolute Gasteiger partial charge is 0.138 e. The highest BCUT2D eigenvalue weighted by atomic mass is 32.2. The maximum Gasteiger partial charge on any atom is 0.138 e. The zero-order chi connectivity index (χ0) is 13.7. The second kappa shape index (κ2) is 6.82. The number of hydrogen-bond acceptors (Lipinski definition) is 3. The molecule has 2 N–H and O–H groups in total. The molecule has 0 saturated carbocycles. The van der Waals surface area contributed by atoms with Gasteiger partial charge in [0.25, 0.3) is 0 Å². The van der Waals surface area contributed by atoms with Crippen LogP contribution in [-0.2, 0) is 0 Å². The summed E-state index contributed by atoms with van der Waals surface area (Å²) in [4.78, 5) is 1.20. The van der Waals surface area contributed by atoms with Crippen molar-refractivity contribution in [3.8, 4) is 0 Å². The van der Waals surface area contributed by atoms with Crippen LogP contribution in [0.25, 0.3) is 0 Å². The molecule has 0 amide bonds. The van der Waals surface area contributed by atoms with Crippen LogP contribution in [0, 0.1) is 11.6 Å². The molecule has 5 heteroatoms. The molecule has 0 unspecified atom stereocenters. The highest BCUT2D eigenvalue weighted by molar-refractivity contribution is 8.03. The van der Waals surface area contributed by atoms with Gasteiger partial charge in [0, 0.05) is 27.0 Å². The summed E-state index contributed by atoms with van der Waals surface area (Å²) in [5.74, 6) is 0.909. The fourth-order valence-electron chi connectivity index (χ4n) is 1.50. The lowest BCUT2D eigenvalue weighted by Gasteiger charge is -2.05. The second-order valence-corrected chi connectivity index (χ2v) is 6.09. The third-order valence-electron chi connectivity index (χ3n) is 2.39. The van der Waals surface area contributed by atoms with E-state index in [9.17, 15) is 8.78 Å². The number of benzene rings is 2.